The number of imidazole rings is 1. The first-order valence-corrected chi connectivity index (χ1v) is 15.3. The fourth-order valence-corrected chi connectivity index (χ4v) is 6.18. The van der Waals surface area contributed by atoms with Crippen molar-refractivity contribution in [2.24, 2.45) is 0 Å². The Morgan fingerprint density at radius 2 is 1.93 bits per heavy atom. The number of nitrogens with one attached hydrogen (secondary N) is 2. The van der Waals surface area contributed by atoms with Crippen LogP contribution in [0.1, 0.15) is 60.7 Å². The van der Waals surface area contributed by atoms with E-state index in [1.54, 1.807) is 11.3 Å². The summed E-state index contributed by atoms with van der Waals surface area (Å²) in [6, 6.07) is 4.27. The monoisotopic (exact) mass is 565 g/mol. The van der Waals surface area contributed by atoms with Gasteiger partial charge in [-0.2, -0.15) is 5.10 Å². The lowest BCUT2D eigenvalue weighted by atomic mass is 10.00. The summed E-state index contributed by atoms with van der Waals surface area (Å²) in [5.74, 6) is 0.718. The van der Waals surface area contributed by atoms with Crippen LogP contribution in [0.5, 0.6) is 0 Å². The summed E-state index contributed by atoms with van der Waals surface area (Å²) >= 11 is 1.75. The number of hydrogen-bond acceptors (Lipinski definition) is 4. The van der Waals surface area contributed by atoms with Crippen molar-refractivity contribution < 1.29 is 0 Å². The van der Waals surface area contributed by atoms with Crippen molar-refractivity contribution in [3.63, 3.8) is 0 Å². The highest BCUT2D eigenvalue weighted by Crippen LogP contribution is 2.31. The van der Waals surface area contributed by atoms with E-state index in [9.17, 15) is 0 Å². The van der Waals surface area contributed by atoms with Gasteiger partial charge in [0.2, 0.25) is 0 Å². The van der Waals surface area contributed by atoms with E-state index in [2.05, 4.69) is 84.0 Å². The molecule has 1 aliphatic heterocycles. The van der Waals surface area contributed by atoms with E-state index in [4.69, 9.17) is 4.98 Å². The quantitative estimate of drug-likeness (QED) is 0.229. The van der Waals surface area contributed by atoms with Crippen molar-refractivity contribution >= 4 is 29.1 Å². The Morgan fingerprint density at radius 3 is 2.56 bits per heavy atom. The number of nitrogens with zero attached hydrogens (tertiary/aromatic N) is 3. The molecule has 3 aromatic rings. The van der Waals surface area contributed by atoms with E-state index in [1.807, 2.05) is 38.2 Å². The van der Waals surface area contributed by atoms with Crippen molar-refractivity contribution in [2.45, 2.75) is 53.4 Å². The average molecular weight is 566 g/mol. The first-order valence-electron chi connectivity index (χ1n) is 14.5. The number of H-pyrrole nitrogens is 2. The highest BCUT2D eigenvalue weighted by Gasteiger charge is 2.18. The SMILES string of the molecule is C=C/C=C(/c1ccc(C)s1)c1nc(-c2n[nH]c(=C/C)/c2=C\C(=C)C(/C=C(\C=C)CCCN2CCCC2)=C/C)[nH]c1C. The van der Waals surface area contributed by atoms with Gasteiger partial charge in [-0.3, -0.25) is 5.10 Å². The molecule has 3 aromatic heterocycles. The minimum atomic E-state index is 0.718. The topological polar surface area (TPSA) is 60.6 Å². The average Bonchev–Trinajstić information content (AvgIpc) is 3.77. The lowest BCUT2D eigenvalue weighted by Crippen LogP contribution is -2.24. The second kappa shape index (κ2) is 14.2. The third kappa shape index (κ3) is 7.32. The van der Waals surface area contributed by atoms with Crippen molar-refractivity contribution in [3.8, 4) is 11.5 Å². The molecular weight excluding hydrogens is 522 g/mol. The number of allylic oxidation sites excluding steroid dienone is 8. The smallest absolute Gasteiger partial charge is 0.159 e. The molecule has 0 radical (unpaired) electrons. The van der Waals surface area contributed by atoms with Gasteiger partial charge < -0.3 is 9.88 Å². The number of aromatic nitrogens is 4. The summed E-state index contributed by atoms with van der Waals surface area (Å²) < 4.78 is 0. The Labute approximate surface area is 248 Å². The third-order valence-electron chi connectivity index (χ3n) is 7.52. The van der Waals surface area contributed by atoms with Gasteiger partial charge in [0, 0.05) is 26.2 Å². The molecule has 5 nitrogen and oxygen atoms in total. The Kier molecular flexibility index (Phi) is 10.5. The summed E-state index contributed by atoms with van der Waals surface area (Å²) in [6.45, 7) is 24.3. The number of rotatable bonds is 12. The molecule has 0 aromatic carbocycles. The first kappa shape index (κ1) is 30.2. The summed E-state index contributed by atoms with van der Waals surface area (Å²) in [6.07, 6.45) is 19.1. The molecule has 0 saturated carbocycles. The molecule has 0 atom stereocenters. The Bertz CT molecular complexity index is 1610. The molecule has 41 heavy (non-hydrogen) atoms. The lowest BCUT2D eigenvalue weighted by molar-refractivity contribution is 0.334. The van der Waals surface area contributed by atoms with E-state index in [1.165, 1.54) is 36.4 Å². The molecule has 0 bridgehead atoms. The maximum atomic E-state index is 5.04. The second-order valence-corrected chi connectivity index (χ2v) is 11.8. The van der Waals surface area contributed by atoms with Gasteiger partial charge in [-0.05, 0) is 108 Å². The van der Waals surface area contributed by atoms with E-state index in [-0.39, 0.29) is 0 Å². The first-order chi connectivity index (χ1) is 19.9. The minimum absolute atomic E-state index is 0.718. The van der Waals surface area contributed by atoms with Crippen LogP contribution in [0.3, 0.4) is 0 Å². The van der Waals surface area contributed by atoms with E-state index in [0.717, 1.165) is 74.5 Å². The van der Waals surface area contributed by atoms with E-state index >= 15 is 0 Å². The minimum Gasteiger partial charge on any atom is -0.340 e. The van der Waals surface area contributed by atoms with Crippen LogP contribution in [0.25, 0.3) is 29.2 Å². The molecule has 0 spiro atoms. The van der Waals surface area contributed by atoms with Gasteiger partial charge in [0.05, 0.1) is 11.0 Å². The van der Waals surface area contributed by atoms with Crippen molar-refractivity contribution in [2.75, 3.05) is 19.6 Å². The molecule has 1 saturated heterocycles. The maximum Gasteiger partial charge on any atom is 0.159 e. The Hall–Kier alpha value is -3.74. The molecule has 6 heteroatoms. The molecule has 4 heterocycles. The molecule has 0 unspecified atom stereocenters. The highest BCUT2D eigenvalue weighted by atomic mass is 32.1. The summed E-state index contributed by atoms with van der Waals surface area (Å²) in [5.41, 5.74) is 6.93. The molecule has 0 amide bonds. The molecule has 4 rings (SSSR count). The van der Waals surface area contributed by atoms with Crippen LogP contribution in [-0.2, 0) is 0 Å². The maximum absolute atomic E-state index is 5.04. The van der Waals surface area contributed by atoms with Gasteiger partial charge >= 0.3 is 0 Å². The largest absolute Gasteiger partial charge is 0.340 e. The summed E-state index contributed by atoms with van der Waals surface area (Å²) in [4.78, 5) is 13.5. The number of thiophene rings is 1. The molecule has 214 valence electrons. The Balaban J connectivity index is 1.65. The molecule has 1 fully saturated rings. The van der Waals surface area contributed by atoms with Crippen LogP contribution in [0.2, 0.25) is 0 Å². The molecule has 2 N–H and O–H groups in total. The zero-order valence-corrected chi connectivity index (χ0v) is 25.8. The van der Waals surface area contributed by atoms with Crippen LogP contribution in [0.4, 0.5) is 0 Å². The highest BCUT2D eigenvalue weighted by molar-refractivity contribution is 7.13. The standard InChI is InChI=1S/C35H43N5S/c1-8-15-29(32-18-17-25(6)41-32)33-26(7)36-35(37-33)34-30(31(11-4)38-39-34)22-24(5)28(10-3)23-27(9-2)16-14-21-40-19-12-13-20-40/h8-11,15,17-18,22-23,38H,1-2,5,12-14,16,19-21H2,3-4,6-7H3,(H,36,37)/b27-23+,28-10+,29-15-,30-22+,31-11+. The van der Waals surface area contributed by atoms with Crippen LogP contribution >= 0.6 is 11.3 Å². The molecular formula is C35H43N5S. The van der Waals surface area contributed by atoms with Gasteiger partial charge in [-0.25, -0.2) is 4.98 Å². The van der Waals surface area contributed by atoms with Crippen molar-refractivity contribution in [3.05, 3.63) is 111 Å². The van der Waals surface area contributed by atoms with Gasteiger partial charge in [0.1, 0.15) is 5.69 Å². The predicted molar refractivity (Wildman–Crippen MR) is 177 cm³/mol. The van der Waals surface area contributed by atoms with E-state index in [0.29, 0.717) is 0 Å². The molecule has 1 aliphatic rings. The van der Waals surface area contributed by atoms with Crippen LogP contribution in [0, 0.1) is 13.8 Å². The van der Waals surface area contributed by atoms with Crippen molar-refractivity contribution in [1.29, 1.82) is 0 Å². The number of likely N-dealkylation sites (tertiary alicyclic amines) is 1. The normalized spacial score (nSPS) is 16.1. The lowest BCUT2D eigenvalue weighted by Gasteiger charge is -2.14. The summed E-state index contributed by atoms with van der Waals surface area (Å²) in [7, 11) is 0. The third-order valence-corrected chi connectivity index (χ3v) is 8.55. The summed E-state index contributed by atoms with van der Waals surface area (Å²) in [5, 5.41) is 9.75. The van der Waals surface area contributed by atoms with Gasteiger partial charge in [0.15, 0.2) is 5.82 Å². The van der Waals surface area contributed by atoms with Crippen LogP contribution < -0.4 is 10.6 Å². The number of aromatic amines is 2. The number of hydrogen-bond donors (Lipinski definition) is 2. The zero-order valence-electron chi connectivity index (χ0n) is 25.0. The fraction of sp³-hybridized carbons (Fsp3) is 0.314. The van der Waals surface area contributed by atoms with Crippen LogP contribution in [0.15, 0.2) is 79.0 Å². The fourth-order valence-electron chi connectivity index (χ4n) is 5.29. The zero-order chi connectivity index (χ0) is 29.4. The van der Waals surface area contributed by atoms with E-state index < -0.39 is 0 Å². The molecule has 0 aliphatic carbocycles. The second-order valence-electron chi connectivity index (χ2n) is 10.5. The van der Waals surface area contributed by atoms with Crippen LogP contribution in [-0.4, -0.2) is 44.7 Å². The Morgan fingerprint density at radius 1 is 1.15 bits per heavy atom. The van der Waals surface area contributed by atoms with Gasteiger partial charge in [-0.1, -0.05) is 56.2 Å². The predicted octanol–water partition coefficient (Wildman–Crippen LogP) is 7.17. The van der Waals surface area contributed by atoms with Gasteiger partial charge in [0.25, 0.3) is 0 Å². The van der Waals surface area contributed by atoms with Crippen molar-refractivity contribution in [1.82, 2.24) is 25.1 Å². The number of aryl methyl sites for hydroxylation is 2. The van der Waals surface area contributed by atoms with Gasteiger partial charge in [-0.15, -0.1) is 11.3 Å².